The maximum absolute atomic E-state index is 12.1. The Kier molecular flexibility index (Phi) is 2.63. The van der Waals surface area contributed by atoms with E-state index in [0.717, 1.165) is 28.7 Å². The summed E-state index contributed by atoms with van der Waals surface area (Å²) in [4.78, 5) is 12.1. The van der Waals surface area contributed by atoms with Crippen molar-refractivity contribution >= 4 is 5.97 Å². The average molecular weight is 238 g/mol. The topological polar surface area (TPSA) is 26.3 Å². The second kappa shape index (κ2) is 4.30. The zero-order valence-corrected chi connectivity index (χ0v) is 10.2. The van der Waals surface area contributed by atoms with Gasteiger partial charge >= 0.3 is 5.97 Å². The van der Waals surface area contributed by atoms with Crippen LogP contribution in [-0.2, 0) is 11.2 Å². The van der Waals surface area contributed by atoms with Crippen LogP contribution in [0.3, 0.4) is 0 Å². The van der Waals surface area contributed by atoms with Crippen molar-refractivity contribution in [3.8, 4) is 11.1 Å². The average Bonchev–Trinajstić information content (AvgIpc) is 2.38. The van der Waals surface area contributed by atoms with Gasteiger partial charge < -0.3 is 4.74 Å². The molecule has 0 aromatic heterocycles. The minimum absolute atomic E-state index is 0.0315. The summed E-state index contributed by atoms with van der Waals surface area (Å²) in [6, 6.07) is 16.0. The van der Waals surface area contributed by atoms with Crippen molar-refractivity contribution in [2.24, 2.45) is 0 Å². The van der Waals surface area contributed by atoms with Gasteiger partial charge in [-0.25, -0.2) is 4.79 Å². The number of benzene rings is 2. The van der Waals surface area contributed by atoms with Gasteiger partial charge in [0.05, 0.1) is 5.56 Å². The van der Waals surface area contributed by atoms with E-state index in [0.29, 0.717) is 0 Å². The van der Waals surface area contributed by atoms with Crippen LogP contribution in [0.5, 0.6) is 0 Å². The first-order valence-corrected chi connectivity index (χ1v) is 6.14. The molecule has 1 aliphatic heterocycles. The van der Waals surface area contributed by atoms with E-state index in [1.54, 1.807) is 0 Å². The Bertz CT molecular complexity index is 587. The standard InChI is InChI=1S/C16H14O2/c1-11-10-13-8-5-9-14(15(13)16(17)18-11)12-6-3-2-4-7-12/h2-9,11H,10H2,1H3. The Labute approximate surface area is 106 Å². The first-order chi connectivity index (χ1) is 8.75. The van der Waals surface area contributed by atoms with Crippen molar-refractivity contribution in [1.82, 2.24) is 0 Å². The predicted octanol–water partition coefficient (Wildman–Crippen LogP) is 3.46. The van der Waals surface area contributed by atoms with Crippen molar-refractivity contribution < 1.29 is 9.53 Å². The van der Waals surface area contributed by atoms with Crippen molar-refractivity contribution in [3.63, 3.8) is 0 Å². The van der Waals surface area contributed by atoms with Gasteiger partial charge in [-0.05, 0) is 23.6 Å². The summed E-state index contributed by atoms with van der Waals surface area (Å²) in [6.07, 6.45) is 0.762. The molecule has 18 heavy (non-hydrogen) atoms. The van der Waals surface area contributed by atoms with Crippen LogP contribution in [0.4, 0.5) is 0 Å². The molecule has 2 heteroatoms. The maximum atomic E-state index is 12.1. The van der Waals surface area contributed by atoms with Crippen LogP contribution >= 0.6 is 0 Å². The molecular formula is C16H14O2. The van der Waals surface area contributed by atoms with Crippen LogP contribution in [0.25, 0.3) is 11.1 Å². The molecule has 2 aromatic carbocycles. The van der Waals surface area contributed by atoms with Gasteiger partial charge in [0.2, 0.25) is 0 Å². The fourth-order valence-corrected chi connectivity index (χ4v) is 2.46. The van der Waals surface area contributed by atoms with Crippen LogP contribution in [-0.4, -0.2) is 12.1 Å². The summed E-state index contributed by atoms with van der Waals surface area (Å²) in [5.74, 6) is -0.205. The van der Waals surface area contributed by atoms with Gasteiger partial charge in [-0.1, -0.05) is 48.5 Å². The summed E-state index contributed by atoms with van der Waals surface area (Å²) >= 11 is 0. The molecule has 0 amide bonds. The van der Waals surface area contributed by atoms with Crippen LogP contribution in [0, 0.1) is 0 Å². The van der Waals surface area contributed by atoms with Gasteiger partial charge in [0.25, 0.3) is 0 Å². The molecule has 1 atom stereocenters. The number of rotatable bonds is 1. The Morgan fingerprint density at radius 2 is 1.83 bits per heavy atom. The zero-order chi connectivity index (χ0) is 12.5. The highest BCUT2D eigenvalue weighted by Gasteiger charge is 2.26. The second-order valence-corrected chi connectivity index (χ2v) is 4.63. The highest BCUT2D eigenvalue weighted by atomic mass is 16.5. The second-order valence-electron chi connectivity index (χ2n) is 4.63. The first-order valence-electron chi connectivity index (χ1n) is 6.14. The van der Waals surface area contributed by atoms with Crippen molar-refractivity contribution in [3.05, 3.63) is 59.7 Å². The lowest BCUT2D eigenvalue weighted by Gasteiger charge is -2.23. The van der Waals surface area contributed by atoms with E-state index in [4.69, 9.17) is 4.74 Å². The fraction of sp³-hybridized carbons (Fsp3) is 0.188. The van der Waals surface area contributed by atoms with Gasteiger partial charge in [-0.15, -0.1) is 0 Å². The lowest BCUT2D eigenvalue weighted by atomic mass is 9.91. The molecule has 1 heterocycles. The van der Waals surface area contributed by atoms with Gasteiger partial charge in [0, 0.05) is 6.42 Å². The maximum Gasteiger partial charge on any atom is 0.339 e. The van der Waals surface area contributed by atoms with Crippen molar-refractivity contribution in [2.75, 3.05) is 0 Å². The number of hydrogen-bond donors (Lipinski definition) is 0. The summed E-state index contributed by atoms with van der Waals surface area (Å²) in [7, 11) is 0. The number of carbonyl (C=O) groups is 1. The van der Waals surface area contributed by atoms with Crippen molar-refractivity contribution in [1.29, 1.82) is 0 Å². The minimum atomic E-state index is -0.205. The van der Waals surface area contributed by atoms with Gasteiger partial charge in [-0.3, -0.25) is 0 Å². The van der Waals surface area contributed by atoms with E-state index < -0.39 is 0 Å². The number of hydrogen-bond acceptors (Lipinski definition) is 2. The monoisotopic (exact) mass is 238 g/mol. The molecular weight excluding hydrogens is 224 g/mol. The highest BCUT2D eigenvalue weighted by molar-refractivity contribution is 5.99. The molecule has 0 fully saturated rings. The lowest BCUT2D eigenvalue weighted by molar-refractivity contribution is 0.0302. The zero-order valence-electron chi connectivity index (χ0n) is 10.2. The molecule has 0 saturated heterocycles. The van der Waals surface area contributed by atoms with Crippen LogP contribution in [0.1, 0.15) is 22.8 Å². The number of ether oxygens (including phenoxy) is 1. The Morgan fingerprint density at radius 1 is 1.06 bits per heavy atom. The van der Waals surface area contributed by atoms with Gasteiger partial charge in [-0.2, -0.15) is 0 Å². The SMILES string of the molecule is CC1Cc2cccc(-c3ccccc3)c2C(=O)O1. The predicted molar refractivity (Wildman–Crippen MR) is 70.5 cm³/mol. The third-order valence-corrected chi connectivity index (χ3v) is 3.26. The minimum Gasteiger partial charge on any atom is -0.459 e. The third-order valence-electron chi connectivity index (χ3n) is 3.26. The number of fused-ring (bicyclic) bond motifs is 1. The molecule has 3 rings (SSSR count). The van der Waals surface area contributed by atoms with Crippen LogP contribution in [0.2, 0.25) is 0 Å². The van der Waals surface area contributed by atoms with Gasteiger partial charge in [0.1, 0.15) is 6.10 Å². The number of esters is 1. The number of carbonyl (C=O) groups excluding carboxylic acids is 1. The molecule has 0 saturated carbocycles. The van der Waals surface area contributed by atoms with Crippen molar-refractivity contribution in [2.45, 2.75) is 19.4 Å². The first kappa shape index (κ1) is 11.0. The van der Waals surface area contributed by atoms with E-state index >= 15 is 0 Å². The van der Waals surface area contributed by atoms with E-state index in [1.165, 1.54) is 0 Å². The normalized spacial score (nSPS) is 18.1. The Hall–Kier alpha value is -2.09. The molecule has 0 aliphatic carbocycles. The summed E-state index contributed by atoms with van der Waals surface area (Å²) in [6.45, 7) is 1.93. The molecule has 90 valence electrons. The van der Waals surface area contributed by atoms with E-state index in [-0.39, 0.29) is 12.1 Å². The summed E-state index contributed by atoms with van der Waals surface area (Å²) in [5, 5.41) is 0. The molecule has 1 aliphatic rings. The van der Waals surface area contributed by atoms with E-state index in [1.807, 2.05) is 55.5 Å². The van der Waals surface area contributed by atoms with Crippen LogP contribution in [0.15, 0.2) is 48.5 Å². The summed E-state index contributed by atoms with van der Waals surface area (Å²) < 4.78 is 5.34. The molecule has 0 radical (unpaired) electrons. The van der Waals surface area contributed by atoms with E-state index in [9.17, 15) is 4.79 Å². The smallest absolute Gasteiger partial charge is 0.339 e. The largest absolute Gasteiger partial charge is 0.459 e. The third kappa shape index (κ3) is 1.80. The molecule has 2 aromatic rings. The molecule has 0 spiro atoms. The molecule has 1 unspecified atom stereocenters. The summed E-state index contributed by atoms with van der Waals surface area (Å²) in [5.41, 5.74) is 3.83. The van der Waals surface area contributed by atoms with E-state index in [2.05, 4.69) is 0 Å². The lowest BCUT2D eigenvalue weighted by Crippen LogP contribution is -2.25. The fourth-order valence-electron chi connectivity index (χ4n) is 2.46. The quantitative estimate of drug-likeness (QED) is 0.711. The number of cyclic esters (lactones) is 1. The Morgan fingerprint density at radius 3 is 2.61 bits per heavy atom. The molecule has 2 nitrogen and oxygen atoms in total. The molecule has 0 bridgehead atoms. The molecule has 0 N–H and O–H groups in total. The van der Waals surface area contributed by atoms with Crippen LogP contribution < -0.4 is 0 Å². The highest BCUT2D eigenvalue weighted by Crippen LogP contribution is 2.30. The Balaban J connectivity index is 2.18. The van der Waals surface area contributed by atoms with Gasteiger partial charge in [0.15, 0.2) is 0 Å².